The van der Waals surface area contributed by atoms with Crippen LogP contribution in [0, 0.1) is 11.5 Å². The Morgan fingerprint density at radius 3 is 2.21 bits per heavy atom. The van der Waals surface area contributed by atoms with E-state index in [-0.39, 0.29) is 5.75 Å². The zero-order valence-electron chi connectivity index (χ0n) is 6.71. The summed E-state index contributed by atoms with van der Waals surface area (Å²) in [4.78, 5) is 0. The first kappa shape index (κ1) is 10.2. The monoisotopic (exact) mass is 203 g/mol. The minimum Gasteiger partial charge on any atom is -0.402 e. The molecule has 6 heteroatoms. The molecule has 14 heavy (non-hydrogen) atoms. The van der Waals surface area contributed by atoms with Crippen molar-refractivity contribution >= 4 is 0 Å². The number of para-hydroxylation sites is 2. The molecular formula is C8H4F3NO2. The molecule has 0 spiro atoms. The van der Waals surface area contributed by atoms with E-state index >= 15 is 0 Å². The van der Waals surface area contributed by atoms with Crippen molar-refractivity contribution in [3.05, 3.63) is 24.3 Å². The maximum absolute atomic E-state index is 11.8. The predicted octanol–water partition coefficient (Wildman–Crippen LogP) is 2.45. The molecule has 0 amide bonds. The van der Waals surface area contributed by atoms with Gasteiger partial charge in [0.05, 0.1) is 0 Å². The highest BCUT2D eigenvalue weighted by atomic mass is 19.4. The Morgan fingerprint density at radius 1 is 1.14 bits per heavy atom. The summed E-state index contributed by atoms with van der Waals surface area (Å²) in [6, 6.07) is 5.02. The van der Waals surface area contributed by atoms with Gasteiger partial charge in [-0.15, -0.1) is 18.4 Å². The minimum absolute atomic E-state index is 0.271. The van der Waals surface area contributed by atoms with Crippen molar-refractivity contribution in [1.29, 1.82) is 5.26 Å². The zero-order chi connectivity index (χ0) is 10.6. The number of hydrogen-bond donors (Lipinski definition) is 0. The number of benzene rings is 1. The highest BCUT2D eigenvalue weighted by molar-refractivity contribution is 5.40. The molecule has 1 aromatic carbocycles. The van der Waals surface area contributed by atoms with Crippen molar-refractivity contribution in [2.75, 3.05) is 0 Å². The van der Waals surface area contributed by atoms with Crippen molar-refractivity contribution in [2.45, 2.75) is 6.36 Å². The molecule has 0 N–H and O–H groups in total. The molecule has 0 saturated heterocycles. The van der Waals surface area contributed by atoms with Crippen LogP contribution in [0.5, 0.6) is 11.5 Å². The quantitative estimate of drug-likeness (QED) is 0.693. The number of nitriles is 1. The fraction of sp³-hybridized carbons (Fsp3) is 0.125. The van der Waals surface area contributed by atoms with Crippen molar-refractivity contribution < 1.29 is 22.6 Å². The molecule has 3 nitrogen and oxygen atoms in total. The van der Waals surface area contributed by atoms with Crippen molar-refractivity contribution in [1.82, 2.24) is 0 Å². The number of rotatable bonds is 2. The van der Waals surface area contributed by atoms with Crippen LogP contribution in [0.1, 0.15) is 0 Å². The van der Waals surface area contributed by atoms with E-state index < -0.39 is 12.1 Å². The number of alkyl halides is 3. The standard InChI is InChI=1S/C8H4F3NO2/c9-8(10,11)14-7-4-2-1-3-6(7)13-5-12/h1-4H. The Bertz CT molecular complexity index is 356. The van der Waals surface area contributed by atoms with Crippen LogP contribution in [0.25, 0.3) is 0 Å². The third-order valence-corrected chi connectivity index (χ3v) is 1.23. The van der Waals surface area contributed by atoms with Gasteiger partial charge in [0, 0.05) is 0 Å². The summed E-state index contributed by atoms with van der Waals surface area (Å²) in [6.45, 7) is 0. The first-order chi connectivity index (χ1) is 6.53. The van der Waals surface area contributed by atoms with Gasteiger partial charge in [-0.25, -0.2) is 0 Å². The molecule has 0 fully saturated rings. The summed E-state index contributed by atoms with van der Waals surface area (Å²) in [6.07, 6.45) is -3.53. The summed E-state index contributed by atoms with van der Waals surface area (Å²) in [7, 11) is 0. The van der Waals surface area contributed by atoms with Gasteiger partial charge in [-0.3, -0.25) is 0 Å². The first-order valence-electron chi connectivity index (χ1n) is 3.43. The number of halogens is 3. The molecule has 0 bridgehead atoms. The van der Waals surface area contributed by atoms with E-state index in [1.165, 1.54) is 24.5 Å². The number of nitrogens with zero attached hydrogens (tertiary/aromatic N) is 1. The van der Waals surface area contributed by atoms with Crippen molar-refractivity contribution in [3.8, 4) is 17.8 Å². The van der Waals surface area contributed by atoms with E-state index in [0.29, 0.717) is 0 Å². The molecule has 0 saturated carbocycles. The predicted molar refractivity (Wildman–Crippen MR) is 39.4 cm³/mol. The highest BCUT2D eigenvalue weighted by Gasteiger charge is 2.32. The van der Waals surface area contributed by atoms with E-state index in [1.54, 1.807) is 0 Å². The van der Waals surface area contributed by atoms with Crippen LogP contribution in [0.15, 0.2) is 24.3 Å². The molecule has 0 aliphatic carbocycles. The Balaban J connectivity index is 2.91. The van der Waals surface area contributed by atoms with E-state index in [9.17, 15) is 13.2 Å². The molecule has 0 atom stereocenters. The fourth-order valence-electron chi connectivity index (χ4n) is 0.793. The average Bonchev–Trinajstić information content (AvgIpc) is 2.06. The second kappa shape index (κ2) is 3.87. The molecule has 0 unspecified atom stereocenters. The third kappa shape index (κ3) is 2.86. The molecule has 0 heterocycles. The molecule has 0 aromatic heterocycles. The Labute approximate surface area is 77.3 Å². The zero-order valence-corrected chi connectivity index (χ0v) is 6.71. The lowest BCUT2D eigenvalue weighted by atomic mass is 10.3. The molecule has 0 aliphatic heterocycles. The lowest BCUT2D eigenvalue weighted by Crippen LogP contribution is -2.17. The smallest absolute Gasteiger partial charge is 0.402 e. The molecular weight excluding hydrogens is 199 g/mol. The second-order valence-electron chi connectivity index (χ2n) is 2.19. The highest BCUT2D eigenvalue weighted by Crippen LogP contribution is 2.31. The van der Waals surface area contributed by atoms with E-state index in [1.807, 2.05) is 0 Å². The molecule has 1 aromatic rings. The normalized spacial score (nSPS) is 10.4. The molecule has 74 valence electrons. The van der Waals surface area contributed by atoms with Gasteiger partial charge < -0.3 is 9.47 Å². The van der Waals surface area contributed by atoms with Crippen LogP contribution in [-0.2, 0) is 0 Å². The van der Waals surface area contributed by atoms with Crippen LogP contribution in [0.3, 0.4) is 0 Å². The summed E-state index contributed by atoms with van der Waals surface area (Å²) < 4.78 is 43.3. The maximum atomic E-state index is 11.8. The number of ether oxygens (including phenoxy) is 2. The van der Waals surface area contributed by atoms with Crippen molar-refractivity contribution in [3.63, 3.8) is 0 Å². The van der Waals surface area contributed by atoms with Gasteiger partial charge in [-0.1, -0.05) is 12.1 Å². The fourth-order valence-corrected chi connectivity index (χ4v) is 0.793. The number of hydrogen-bond acceptors (Lipinski definition) is 3. The maximum Gasteiger partial charge on any atom is 0.573 e. The molecule has 1 rings (SSSR count). The Morgan fingerprint density at radius 2 is 1.71 bits per heavy atom. The second-order valence-corrected chi connectivity index (χ2v) is 2.19. The lowest BCUT2D eigenvalue weighted by molar-refractivity contribution is -0.275. The van der Waals surface area contributed by atoms with Gasteiger partial charge in [0.1, 0.15) is 0 Å². The van der Waals surface area contributed by atoms with Gasteiger partial charge in [0.25, 0.3) is 6.26 Å². The van der Waals surface area contributed by atoms with Gasteiger partial charge in [-0.05, 0) is 12.1 Å². The lowest BCUT2D eigenvalue weighted by Gasteiger charge is -2.10. The first-order valence-corrected chi connectivity index (χ1v) is 3.43. The summed E-state index contributed by atoms with van der Waals surface area (Å²) in [5.74, 6) is -0.811. The Hall–Kier alpha value is -1.90. The van der Waals surface area contributed by atoms with Gasteiger partial charge >= 0.3 is 6.36 Å². The topological polar surface area (TPSA) is 42.2 Å². The van der Waals surface area contributed by atoms with E-state index in [2.05, 4.69) is 9.47 Å². The van der Waals surface area contributed by atoms with Gasteiger partial charge in [0.15, 0.2) is 11.5 Å². The summed E-state index contributed by atoms with van der Waals surface area (Å²) in [5.41, 5.74) is 0. The Kier molecular flexibility index (Phi) is 2.82. The van der Waals surface area contributed by atoms with Crippen LogP contribution in [-0.4, -0.2) is 6.36 Å². The summed E-state index contributed by atoms with van der Waals surface area (Å²) in [5, 5.41) is 8.13. The minimum atomic E-state index is -4.80. The van der Waals surface area contributed by atoms with Crippen LogP contribution >= 0.6 is 0 Å². The molecule has 0 aliphatic rings. The SMILES string of the molecule is N#COc1ccccc1OC(F)(F)F. The largest absolute Gasteiger partial charge is 0.573 e. The van der Waals surface area contributed by atoms with Crippen LogP contribution in [0.2, 0.25) is 0 Å². The third-order valence-electron chi connectivity index (χ3n) is 1.23. The van der Waals surface area contributed by atoms with E-state index in [0.717, 1.165) is 6.07 Å². The van der Waals surface area contributed by atoms with Gasteiger partial charge in [0.2, 0.25) is 0 Å². The summed E-state index contributed by atoms with van der Waals surface area (Å²) >= 11 is 0. The van der Waals surface area contributed by atoms with Crippen LogP contribution < -0.4 is 9.47 Å². The average molecular weight is 203 g/mol. The van der Waals surface area contributed by atoms with Crippen LogP contribution in [0.4, 0.5) is 13.2 Å². The van der Waals surface area contributed by atoms with E-state index in [4.69, 9.17) is 5.26 Å². The molecule has 0 radical (unpaired) electrons. The van der Waals surface area contributed by atoms with Crippen molar-refractivity contribution in [2.24, 2.45) is 0 Å². The van der Waals surface area contributed by atoms with Gasteiger partial charge in [-0.2, -0.15) is 0 Å².